The van der Waals surface area contributed by atoms with Crippen molar-refractivity contribution in [1.29, 1.82) is 0 Å². The lowest BCUT2D eigenvalue weighted by Gasteiger charge is -2.25. The molecule has 2 rings (SSSR count). The molecular formula is C25H33N7O9. The fraction of sp³-hybridized carbons (Fsp3) is 0.400. The van der Waals surface area contributed by atoms with Crippen LogP contribution in [0.1, 0.15) is 36.9 Å². The van der Waals surface area contributed by atoms with E-state index in [1.54, 1.807) is 0 Å². The molecule has 0 saturated carbocycles. The van der Waals surface area contributed by atoms with Crippen LogP contribution in [-0.2, 0) is 41.6 Å². The minimum absolute atomic E-state index is 0.0437. The smallest absolute Gasteiger partial charge is 0.326 e. The van der Waals surface area contributed by atoms with Gasteiger partial charge in [0.05, 0.1) is 12.4 Å². The van der Waals surface area contributed by atoms with Gasteiger partial charge in [-0.1, -0.05) is 12.1 Å². The number of aromatic nitrogens is 2. The molecule has 0 aliphatic heterocycles. The number of primary amides is 1. The molecule has 2 aromatic rings. The van der Waals surface area contributed by atoms with Crippen molar-refractivity contribution in [2.24, 2.45) is 11.5 Å². The lowest BCUT2D eigenvalue weighted by molar-refractivity contribution is -0.142. The zero-order chi connectivity index (χ0) is 30.5. The number of carbonyl (C=O) groups is 6. The first-order chi connectivity index (χ1) is 19.3. The van der Waals surface area contributed by atoms with Gasteiger partial charge >= 0.3 is 11.9 Å². The Bertz CT molecular complexity index is 1220. The molecule has 0 spiro atoms. The molecule has 16 heteroatoms. The maximum Gasteiger partial charge on any atom is 0.326 e. The van der Waals surface area contributed by atoms with Crippen molar-refractivity contribution in [3.63, 3.8) is 0 Å². The number of amides is 4. The molecule has 0 radical (unpaired) electrons. The maximum absolute atomic E-state index is 13.3. The van der Waals surface area contributed by atoms with Crippen molar-refractivity contribution in [2.45, 2.75) is 62.7 Å². The molecule has 11 N–H and O–H groups in total. The minimum atomic E-state index is -1.39. The molecule has 4 atom stereocenters. The Morgan fingerprint density at radius 1 is 0.829 bits per heavy atom. The number of H-pyrrole nitrogens is 1. The number of hydrogen-bond acceptors (Lipinski definition) is 9. The quantitative estimate of drug-likeness (QED) is 0.0984. The van der Waals surface area contributed by atoms with Gasteiger partial charge in [-0.25, -0.2) is 9.78 Å². The van der Waals surface area contributed by atoms with Crippen LogP contribution >= 0.6 is 0 Å². The molecule has 0 bridgehead atoms. The van der Waals surface area contributed by atoms with Gasteiger partial charge in [-0.05, 0) is 30.5 Å². The third-order valence-corrected chi connectivity index (χ3v) is 5.92. The zero-order valence-electron chi connectivity index (χ0n) is 21.9. The Morgan fingerprint density at radius 2 is 1.44 bits per heavy atom. The standard InChI is InChI=1S/C25H33N7O9/c26-16(5-8-21(35)36)22(37)30-17(6-7-20(27)34)23(38)31-18(9-13-1-3-15(33)4-2-13)24(39)32-19(25(40)41)10-14-11-28-12-29-14/h1-4,11-12,16-19,33H,5-10,26H2,(H2,27,34)(H,28,29)(H,30,37)(H,31,38)(H,32,39)(H,35,36)(H,40,41). The van der Waals surface area contributed by atoms with E-state index < -0.39 is 66.2 Å². The van der Waals surface area contributed by atoms with Crippen molar-refractivity contribution >= 4 is 35.6 Å². The summed E-state index contributed by atoms with van der Waals surface area (Å²) in [6, 6.07) is 0.302. The van der Waals surface area contributed by atoms with Crippen LogP contribution in [0.4, 0.5) is 0 Å². The Kier molecular flexibility index (Phi) is 12.2. The lowest BCUT2D eigenvalue weighted by atomic mass is 10.0. The van der Waals surface area contributed by atoms with Crippen molar-refractivity contribution < 1.29 is 44.1 Å². The summed E-state index contributed by atoms with van der Waals surface area (Å²) < 4.78 is 0. The van der Waals surface area contributed by atoms with Crippen LogP contribution in [-0.4, -0.2) is 85.0 Å². The van der Waals surface area contributed by atoms with E-state index in [4.69, 9.17) is 16.6 Å². The predicted molar refractivity (Wildman–Crippen MR) is 141 cm³/mol. The molecule has 4 amide bonds. The number of phenols is 1. The van der Waals surface area contributed by atoms with Crippen molar-refractivity contribution in [2.75, 3.05) is 0 Å². The highest BCUT2D eigenvalue weighted by molar-refractivity contribution is 5.94. The van der Waals surface area contributed by atoms with Crippen LogP contribution in [0, 0.1) is 0 Å². The van der Waals surface area contributed by atoms with E-state index in [1.165, 1.54) is 36.8 Å². The number of nitrogens with one attached hydrogen (secondary N) is 4. The Hall–Kier alpha value is -4.99. The summed E-state index contributed by atoms with van der Waals surface area (Å²) in [5, 5.41) is 35.2. The number of nitrogens with zero attached hydrogens (tertiary/aromatic N) is 1. The topological polar surface area (TPSA) is 280 Å². The average molecular weight is 576 g/mol. The fourth-order valence-corrected chi connectivity index (χ4v) is 3.68. The van der Waals surface area contributed by atoms with Crippen LogP contribution in [0.2, 0.25) is 0 Å². The molecule has 1 heterocycles. The molecule has 41 heavy (non-hydrogen) atoms. The van der Waals surface area contributed by atoms with E-state index in [0.717, 1.165) is 0 Å². The molecule has 0 saturated heterocycles. The van der Waals surface area contributed by atoms with Gasteiger partial charge < -0.3 is 47.7 Å². The zero-order valence-corrected chi connectivity index (χ0v) is 21.9. The average Bonchev–Trinajstić information content (AvgIpc) is 3.42. The summed E-state index contributed by atoms with van der Waals surface area (Å²) in [6.07, 6.45) is 1.28. The molecule has 0 aliphatic rings. The van der Waals surface area contributed by atoms with Gasteiger partial charge in [-0.15, -0.1) is 0 Å². The molecule has 1 aromatic carbocycles. The second-order valence-electron chi connectivity index (χ2n) is 9.22. The Morgan fingerprint density at radius 3 is 2.00 bits per heavy atom. The van der Waals surface area contributed by atoms with E-state index in [1.807, 2.05) is 0 Å². The molecular weight excluding hydrogens is 542 g/mol. The molecule has 4 unspecified atom stereocenters. The second kappa shape index (κ2) is 15.6. The number of benzene rings is 1. The first kappa shape index (κ1) is 32.2. The maximum atomic E-state index is 13.3. The molecule has 222 valence electrons. The number of carbonyl (C=O) groups excluding carboxylic acids is 4. The molecule has 1 aromatic heterocycles. The van der Waals surface area contributed by atoms with E-state index >= 15 is 0 Å². The van der Waals surface area contributed by atoms with Gasteiger partial charge in [0.25, 0.3) is 0 Å². The second-order valence-corrected chi connectivity index (χ2v) is 9.22. The Labute approximate surface area is 233 Å². The van der Waals surface area contributed by atoms with E-state index in [9.17, 15) is 39.0 Å². The number of phenolic OH excluding ortho intramolecular Hbond substituents is 1. The van der Waals surface area contributed by atoms with E-state index in [0.29, 0.717) is 11.3 Å². The van der Waals surface area contributed by atoms with E-state index in [2.05, 4.69) is 25.9 Å². The first-order valence-electron chi connectivity index (χ1n) is 12.5. The summed E-state index contributed by atoms with van der Waals surface area (Å²) in [6.45, 7) is 0. The van der Waals surface area contributed by atoms with Crippen LogP contribution in [0.3, 0.4) is 0 Å². The number of nitrogens with two attached hydrogens (primary N) is 2. The highest BCUT2D eigenvalue weighted by atomic mass is 16.4. The minimum Gasteiger partial charge on any atom is -0.508 e. The Balaban J connectivity index is 2.25. The van der Waals surface area contributed by atoms with Gasteiger partial charge in [0.15, 0.2) is 0 Å². The third kappa shape index (κ3) is 11.3. The normalized spacial score (nSPS) is 13.7. The molecule has 16 nitrogen and oxygen atoms in total. The van der Waals surface area contributed by atoms with Crippen molar-refractivity contribution in [3.05, 3.63) is 48.0 Å². The number of carboxylic acids is 2. The highest BCUT2D eigenvalue weighted by Crippen LogP contribution is 2.12. The van der Waals surface area contributed by atoms with Crippen LogP contribution in [0.25, 0.3) is 0 Å². The number of imidazole rings is 1. The number of hydrogen-bond donors (Lipinski definition) is 9. The number of aromatic amines is 1. The summed E-state index contributed by atoms with van der Waals surface area (Å²) in [5.41, 5.74) is 11.9. The number of aliphatic carboxylic acids is 2. The largest absolute Gasteiger partial charge is 0.508 e. The first-order valence-corrected chi connectivity index (χ1v) is 12.5. The van der Waals surface area contributed by atoms with Gasteiger partial charge in [0.1, 0.15) is 23.9 Å². The van der Waals surface area contributed by atoms with Crippen LogP contribution in [0.15, 0.2) is 36.8 Å². The van der Waals surface area contributed by atoms with Gasteiger partial charge in [0, 0.05) is 37.6 Å². The predicted octanol–water partition coefficient (Wildman–Crippen LogP) is -2.10. The molecule has 0 aliphatic carbocycles. The van der Waals surface area contributed by atoms with Gasteiger partial charge in [-0.3, -0.25) is 24.0 Å². The lowest BCUT2D eigenvalue weighted by Crippen LogP contribution is -2.58. The third-order valence-electron chi connectivity index (χ3n) is 5.92. The van der Waals surface area contributed by atoms with Gasteiger partial charge in [0.2, 0.25) is 23.6 Å². The highest BCUT2D eigenvalue weighted by Gasteiger charge is 2.31. The van der Waals surface area contributed by atoms with Crippen LogP contribution in [0.5, 0.6) is 5.75 Å². The van der Waals surface area contributed by atoms with Crippen molar-refractivity contribution in [3.8, 4) is 5.75 Å². The number of rotatable bonds is 17. The summed E-state index contributed by atoms with van der Waals surface area (Å²) >= 11 is 0. The summed E-state index contributed by atoms with van der Waals surface area (Å²) in [4.78, 5) is 79.6. The van der Waals surface area contributed by atoms with Crippen LogP contribution < -0.4 is 27.4 Å². The van der Waals surface area contributed by atoms with Crippen molar-refractivity contribution in [1.82, 2.24) is 25.9 Å². The summed E-state index contributed by atoms with van der Waals surface area (Å²) in [5.74, 6) is -5.95. The van der Waals surface area contributed by atoms with Gasteiger partial charge in [-0.2, -0.15) is 0 Å². The SMILES string of the molecule is NC(=O)CCC(NC(=O)C(N)CCC(=O)O)C(=O)NC(Cc1ccc(O)cc1)C(=O)NC(Cc1cnc[nH]1)C(=O)O. The number of carboxylic acid groups (broad SMARTS) is 2. The van der Waals surface area contributed by atoms with E-state index in [-0.39, 0.29) is 37.9 Å². The fourth-order valence-electron chi connectivity index (χ4n) is 3.68. The summed E-state index contributed by atoms with van der Waals surface area (Å²) in [7, 11) is 0. The monoisotopic (exact) mass is 575 g/mol. The number of aromatic hydroxyl groups is 1. The molecule has 0 fully saturated rings.